The van der Waals surface area contributed by atoms with Gasteiger partial charge in [0, 0.05) is 22.3 Å². The summed E-state index contributed by atoms with van der Waals surface area (Å²) in [4.78, 5) is 7.03. The van der Waals surface area contributed by atoms with Crippen LogP contribution in [0.1, 0.15) is 17.0 Å². The summed E-state index contributed by atoms with van der Waals surface area (Å²) in [5, 5.41) is 2.23. The SMILES string of the molecule is [NH3+]Cc1cc2cc(C(F)(F)F)c(OCc3cscn3)cc2[nH]1. The summed E-state index contributed by atoms with van der Waals surface area (Å²) in [5.74, 6) is -0.203. The maximum atomic E-state index is 13.2. The fourth-order valence-corrected chi connectivity index (χ4v) is 2.70. The first kappa shape index (κ1) is 14.9. The highest BCUT2D eigenvalue weighted by Gasteiger charge is 2.35. The van der Waals surface area contributed by atoms with Crippen LogP contribution in [0.3, 0.4) is 0 Å². The molecule has 0 aliphatic rings. The second kappa shape index (κ2) is 5.62. The Morgan fingerprint density at radius 3 is 2.73 bits per heavy atom. The van der Waals surface area contributed by atoms with Crippen molar-refractivity contribution < 1.29 is 23.6 Å². The van der Waals surface area contributed by atoms with Gasteiger partial charge in [0.1, 0.15) is 18.9 Å². The molecule has 0 radical (unpaired) electrons. The number of alkyl halides is 3. The molecule has 4 nitrogen and oxygen atoms in total. The highest BCUT2D eigenvalue weighted by Crippen LogP contribution is 2.39. The van der Waals surface area contributed by atoms with Crippen LogP contribution in [0.4, 0.5) is 13.2 Å². The number of nitrogens with one attached hydrogen (secondary N) is 1. The molecule has 0 amide bonds. The number of fused-ring (bicyclic) bond motifs is 1. The van der Waals surface area contributed by atoms with Gasteiger partial charge in [-0.3, -0.25) is 0 Å². The van der Waals surface area contributed by atoms with Crippen molar-refractivity contribution >= 4 is 22.2 Å². The van der Waals surface area contributed by atoms with Crippen LogP contribution in [0.2, 0.25) is 0 Å². The summed E-state index contributed by atoms with van der Waals surface area (Å²) in [6, 6.07) is 4.15. The lowest BCUT2D eigenvalue weighted by atomic mass is 10.1. The van der Waals surface area contributed by atoms with Crippen molar-refractivity contribution in [3.05, 3.63) is 46.0 Å². The van der Waals surface area contributed by atoms with E-state index in [-0.39, 0.29) is 12.4 Å². The number of rotatable bonds is 4. The van der Waals surface area contributed by atoms with Gasteiger partial charge in [0.05, 0.1) is 22.5 Å². The molecule has 1 aromatic carbocycles. The first-order valence-corrected chi connectivity index (χ1v) is 7.43. The molecule has 0 aliphatic carbocycles. The Hall–Kier alpha value is -2.06. The summed E-state index contributed by atoms with van der Waals surface area (Å²) in [6.07, 6.45) is -4.48. The third kappa shape index (κ3) is 2.93. The van der Waals surface area contributed by atoms with E-state index in [1.54, 1.807) is 17.0 Å². The zero-order valence-corrected chi connectivity index (χ0v) is 12.2. The molecule has 0 spiro atoms. The Bertz CT molecular complexity index is 781. The first-order valence-electron chi connectivity index (χ1n) is 6.49. The van der Waals surface area contributed by atoms with Gasteiger partial charge in [-0.15, -0.1) is 11.3 Å². The van der Waals surface area contributed by atoms with E-state index in [1.165, 1.54) is 17.4 Å². The van der Waals surface area contributed by atoms with Crippen LogP contribution in [-0.2, 0) is 19.3 Å². The lowest BCUT2D eigenvalue weighted by Crippen LogP contribution is -2.47. The van der Waals surface area contributed by atoms with Gasteiger partial charge in [-0.25, -0.2) is 4.98 Å². The third-order valence-corrected chi connectivity index (χ3v) is 3.85. The maximum absolute atomic E-state index is 13.2. The van der Waals surface area contributed by atoms with Crippen molar-refractivity contribution in [3.63, 3.8) is 0 Å². The minimum Gasteiger partial charge on any atom is -0.487 e. The fraction of sp³-hybridized carbons (Fsp3) is 0.214. The van der Waals surface area contributed by atoms with Crippen molar-refractivity contribution in [3.8, 4) is 5.75 Å². The third-order valence-electron chi connectivity index (χ3n) is 3.21. The number of halogens is 3. The topological polar surface area (TPSA) is 65.6 Å². The maximum Gasteiger partial charge on any atom is 0.419 e. The number of nitrogens with zero attached hydrogens (tertiary/aromatic N) is 1. The van der Waals surface area contributed by atoms with Crippen molar-refractivity contribution in [2.75, 3.05) is 0 Å². The zero-order chi connectivity index (χ0) is 15.7. The Morgan fingerprint density at radius 2 is 2.09 bits per heavy atom. The first-order chi connectivity index (χ1) is 10.5. The van der Waals surface area contributed by atoms with Gasteiger partial charge in [-0.1, -0.05) is 0 Å². The average Bonchev–Trinajstić information content (AvgIpc) is 3.11. The van der Waals surface area contributed by atoms with Crippen LogP contribution in [0.25, 0.3) is 10.9 Å². The standard InChI is InChI=1S/C14H12F3N3OS/c15-14(16,17)11-2-8-1-9(4-18)20-12(8)3-13(11)21-5-10-6-22-7-19-10/h1-3,6-7,20H,4-5,18H2/p+1. The number of hydrogen-bond donors (Lipinski definition) is 2. The molecule has 8 heteroatoms. The number of ether oxygens (including phenoxy) is 1. The van der Waals surface area contributed by atoms with Crippen LogP contribution < -0.4 is 10.5 Å². The van der Waals surface area contributed by atoms with E-state index in [0.717, 1.165) is 11.8 Å². The molecule has 22 heavy (non-hydrogen) atoms. The number of hydrogen-bond acceptors (Lipinski definition) is 3. The van der Waals surface area contributed by atoms with Gasteiger partial charge in [0.15, 0.2) is 0 Å². The molecule has 0 saturated carbocycles. The minimum absolute atomic E-state index is 0.000978. The molecule has 0 bridgehead atoms. The predicted molar refractivity (Wildman–Crippen MR) is 76.3 cm³/mol. The normalized spacial score (nSPS) is 12.0. The average molecular weight is 328 g/mol. The van der Waals surface area contributed by atoms with Crippen LogP contribution in [0.5, 0.6) is 5.75 Å². The zero-order valence-electron chi connectivity index (χ0n) is 11.4. The van der Waals surface area contributed by atoms with Crippen molar-refractivity contribution in [1.82, 2.24) is 9.97 Å². The van der Waals surface area contributed by atoms with E-state index in [2.05, 4.69) is 15.7 Å². The lowest BCUT2D eigenvalue weighted by molar-refractivity contribution is -0.387. The molecular weight excluding hydrogens is 315 g/mol. The summed E-state index contributed by atoms with van der Waals surface area (Å²) in [5.41, 5.74) is 6.52. The van der Waals surface area contributed by atoms with Crippen molar-refractivity contribution in [1.29, 1.82) is 0 Å². The Kier molecular flexibility index (Phi) is 3.79. The van der Waals surface area contributed by atoms with E-state index in [9.17, 15) is 13.2 Å². The molecule has 4 N–H and O–H groups in total. The number of aromatic nitrogens is 2. The number of quaternary nitrogens is 1. The van der Waals surface area contributed by atoms with Crippen molar-refractivity contribution in [2.24, 2.45) is 0 Å². The quantitative estimate of drug-likeness (QED) is 0.773. The fourth-order valence-electron chi connectivity index (χ4n) is 2.16. The smallest absolute Gasteiger partial charge is 0.419 e. The van der Waals surface area contributed by atoms with E-state index in [1.807, 2.05) is 0 Å². The lowest BCUT2D eigenvalue weighted by Gasteiger charge is -2.13. The van der Waals surface area contributed by atoms with Crippen LogP contribution in [0, 0.1) is 0 Å². The van der Waals surface area contributed by atoms with Gasteiger partial charge in [0.25, 0.3) is 0 Å². The molecule has 2 aromatic heterocycles. The van der Waals surface area contributed by atoms with Crippen molar-refractivity contribution in [2.45, 2.75) is 19.3 Å². The van der Waals surface area contributed by atoms with Gasteiger partial charge in [0.2, 0.25) is 0 Å². The van der Waals surface area contributed by atoms with Crippen LogP contribution in [-0.4, -0.2) is 9.97 Å². The van der Waals surface area contributed by atoms with Gasteiger partial charge < -0.3 is 15.5 Å². The molecule has 0 atom stereocenters. The Morgan fingerprint density at radius 1 is 1.27 bits per heavy atom. The highest BCUT2D eigenvalue weighted by atomic mass is 32.1. The van der Waals surface area contributed by atoms with Gasteiger partial charge in [-0.05, 0) is 12.1 Å². The summed E-state index contributed by atoms with van der Waals surface area (Å²) in [6.45, 7) is 0.478. The van der Waals surface area contributed by atoms with Gasteiger partial charge >= 0.3 is 6.18 Å². The van der Waals surface area contributed by atoms with Crippen LogP contribution in [0.15, 0.2) is 29.1 Å². The van der Waals surface area contributed by atoms with Crippen LogP contribution >= 0.6 is 11.3 Å². The molecule has 3 rings (SSSR count). The summed E-state index contributed by atoms with van der Waals surface area (Å²) >= 11 is 1.37. The largest absolute Gasteiger partial charge is 0.487 e. The number of thiazole rings is 1. The number of benzene rings is 1. The minimum atomic E-state index is -4.48. The molecule has 2 heterocycles. The van der Waals surface area contributed by atoms with Gasteiger partial charge in [-0.2, -0.15) is 13.2 Å². The molecule has 0 aliphatic heterocycles. The number of aromatic amines is 1. The van der Waals surface area contributed by atoms with E-state index in [4.69, 9.17) is 4.74 Å². The molecule has 0 fully saturated rings. The number of H-pyrrole nitrogens is 1. The predicted octanol–water partition coefficient (Wildman–Crippen LogP) is 2.96. The summed E-state index contributed by atoms with van der Waals surface area (Å²) < 4.78 is 45.0. The monoisotopic (exact) mass is 328 g/mol. The second-order valence-electron chi connectivity index (χ2n) is 4.75. The second-order valence-corrected chi connectivity index (χ2v) is 5.47. The molecule has 116 valence electrons. The van der Waals surface area contributed by atoms with E-state index >= 15 is 0 Å². The molecule has 0 unspecified atom stereocenters. The molecule has 0 saturated heterocycles. The van der Waals surface area contributed by atoms with E-state index in [0.29, 0.717) is 23.1 Å². The van der Waals surface area contributed by atoms with E-state index < -0.39 is 11.7 Å². The molecule has 3 aromatic rings. The summed E-state index contributed by atoms with van der Waals surface area (Å²) in [7, 11) is 0. The Labute approximate surface area is 127 Å². The highest BCUT2D eigenvalue weighted by molar-refractivity contribution is 7.07. The molecular formula is C14H13F3N3OS+. The Balaban J connectivity index is 2.01.